The minimum Gasteiger partial charge on any atom is -0.395 e. The first-order valence-corrected chi connectivity index (χ1v) is 8.93. The van der Waals surface area contributed by atoms with Gasteiger partial charge in [0.15, 0.2) is 0 Å². The molecule has 0 amide bonds. The molecule has 0 aliphatic carbocycles. The quantitative estimate of drug-likeness (QED) is 0.415. The summed E-state index contributed by atoms with van der Waals surface area (Å²) in [7, 11) is -3.02. The van der Waals surface area contributed by atoms with E-state index in [2.05, 4.69) is 6.07 Å². The maximum atomic E-state index is 12.3. The largest absolute Gasteiger partial charge is 0.395 e. The lowest BCUT2D eigenvalue weighted by Gasteiger charge is -2.24. The van der Waals surface area contributed by atoms with E-state index < -0.39 is 7.60 Å². The van der Waals surface area contributed by atoms with Gasteiger partial charge in [0.2, 0.25) is 0 Å². The predicted molar refractivity (Wildman–Crippen MR) is 78.7 cm³/mol. The highest BCUT2D eigenvalue weighted by molar-refractivity contribution is 7.53. The maximum Gasteiger partial charge on any atom is 0.331 e. The molecule has 0 unspecified atom stereocenters. The average Bonchev–Trinajstić information content (AvgIpc) is 2.41. The van der Waals surface area contributed by atoms with Gasteiger partial charge in [0.1, 0.15) is 0 Å². The van der Waals surface area contributed by atoms with Crippen LogP contribution in [0.2, 0.25) is 0 Å². The Labute approximate surface area is 122 Å². The van der Waals surface area contributed by atoms with Crippen molar-refractivity contribution in [1.29, 1.82) is 5.26 Å². The van der Waals surface area contributed by atoms with Crippen molar-refractivity contribution >= 4 is 7.60 Å². The molecule has 0 radical (unpaired) electrons. The molecule has 0 aliphatic heterocycles. The third kappa shape index (κ3) is 9.46. The van der Waals surface area contributed by atoms with Gasteiger partial charge in [-0.25, -0.2) is 0 Å². The molecule has 0 rings (SSSR count). The van der Waals surface area contributed by atoms with E-state index in [0.717, 1.165) is 19.4 Å². The van der Waals surface area contributed by atoms with E-state index in [-0.39, 0.29) is 6.61 Å². The first kappa shape index (κ1) is 19.6. The van der Waals surface area contributed by atoms with E-state index in [0.29, 0.717) is 38.9 Å². The number of rotatable bonds is 13. The molecule has 20 heavy (non-hydrogen) atoms. The fourth-order valence-electron chi connectivity index (χ4n) is 1.84. The van der Waals surface area contributed by atoms with Gasteiger partial charge < -0.3 is 19.1 Å². The smallest absolute Gasteiger partial charge is 0.331 e. The van der Waals surface area contributed by atoms with Crippen molar-refractivity contribution in [2.75, 3.05) is 45.6 Å². The summed E-state index contributed by atoms with van der Waals surface area (Å²) in [5.41, 5.74) is 0. The molecule has 0 saturated heterocycles. The van der Waals surface area contributed by atoms with Gasteiger partial charge in [0, 0.05) is 19.5 Å². The first-order chi connectivity index (χ1) is 9.61. The van der Waals surface area contributed by atoms with Crippen molar-refractivity contribution in [2.24, 2.45) is 0 Å². The molecule has 0 aromatic heterocycles. The molecule has 0 fully saturated rings. The van der Waals surface area contributed by atoms with Gasteiger partial charge in [0.05, 0.1) is 32.1 Å². The van der Waals surface area contributed by atoms with Crippen LogP contribution in [0.15, 0.2) is 0 Å². The summed E-state index contributed by atoms with van der Waals surface area (Å²) in [6.45, 7) is 6.23. The van der Waals surface area contributed by atoms with Gasteiger partial charge in [-0.05, 0) is 33.2 Å². The molecule has 0 saturated carbocycles. The molecule has 0 aliphatic rings. The summed E-state index contributed by atoms with van der Waals surface area (Å²) in [4.78, 5) is 2.03. The van der Waals surface area contributed by atoms with Crippen molar-refractivity contribution in [2.45, 2.75) is 33.1 Å². The molecular weight excluding hydrogens is 279 g/mol. The van der Waals surface area contributed by atoms with Crippen LogP contribution in [0.4, 0.5) is 0 Å². The SMILES string of the molecule is CCOP(=O)(CCN(CCO)CCCCC#N)OCC. The Morgan fingerprint density at radius 2 is 1.80 bits per heavy atom. The van der Waals surface area contributed by atoms with Gasteiger partial charge in [-0.2, -0.15) is 5.26 Å². The van der Waals surface area contributed by atoms with Crippen LogP contribution in [0.3, 0.4) is 0 Å². The normalized spacial score (nSPS) is 11.8. The number of hydrogen-bond acceptors (Lipinski definition) is 6. The molecule has 1 N–H and O–H groups in total. The van der Waals surface area contributed by atoms with E-state index in [1.54, 1.807) is 13.8 Å². The summed E-state index contributed by atoms with van der Waals surface area (Å²) in [6.07, 6.45) is 2.60. The average molecular weight is 306 g/mol. The summed E-state index contributed by atoms with van der Waals surface area (Å²) < 4.78 is 22.8. The Morgan fingerprint density at radius 3 is 2.30 bits per heavy atom. The molecule has 0 aromatic rings. The molecule has 0 aromatic carbocycles. The Hall–Kier alpha value is -0.440. The van der Waals surface area contributed by atoms with Crippen molar-refractivity contribution < 1.29 is 18.7 Å². The molecule has 7 heteroatoms. The van der Waals surface area contributed by atoms with Crippen molar-refractivity contribution in [1.82, 2.24) is 4.90 Å². The van der Waals surface area contributed by atoms with Crippen LogP contribution in [-0.4, -0.2) is 55.6 Å². The monoisotopic (exact) mass is 306 g/mol. The second kappa shape index (κ2) is 12.3. The van der Waals surface area contributed by atoms with Gasteiger partial charge >= 0.3 is 7.60 Å². The van der Waals surface area contributed by atoms with E-state index in [9.17, 15) is 4.57 Å². The van der Waals surface area contributed by atoms with Crippen molar-refractivity contribution in [3.63, 3.8) is 0 Å². The van der Waals surface area contributed by atoms with Gasteiger partial charge in [-0.15, -0.1) is 0 Å². The highest BCUT2D eigenvalue weighted by atomic mass is 31.2. The number of unbranched alkanes of at least 4 members (excludes halogenated alkanes) is 2. The van der Waals surface area contributed by atoms with Gasteiger partial charge in [-0.3, -0.25) is 4.57 Å². The topological polar surface area (TPSA) is 82.8 Å². The number of nitrogens with zero attached hydrogens (tertiary/aromatic N) is 2. The predicted octanol–water partition coefficient (Wildman–Crippen LogP) is 2.24. The zero-order valence-electron chi connectivity index (χ0n) is 12.6. The first-order valence-electron chi connectivity index (χ1n) is 7.20. The van der Waals surface area contributed by atoms with Crippen LogP contribution in [0.5, 0.6) is 0 Å². The fraction of sp³-hybridized carbons (Fsp3) is 0.923. The van der Waals surface area contributed by atoms with Crippen LogP contribution < -0.4 is 0 Å². The lowest BCUT2D eigenvalue weighted by Crippen LogP contribution is -2.31. The lowest BCUT2D eigenvalue weighted by atomic mass is 10.2. The second-order valence-corrected chi connectivity index (χ2v) is 6.54. The summed E-state index contributed by atoms with van der Waals surface area (Å²) in [5.74, 6) is 0. The van der Waals surface area contributed by atoms with E-state index >= 15 is 0 Å². The van der Waals surface area contributed by atoms with Crippen LogP contribution in [0, 0.1) is 11.3 Å². The zero-order chi connectivity index (χ0) is 15.3. The van der Waals surface area contributed by atoms with Crippen molar-refractivity contribution in [3.8, 4) is 6.07 Å². The number of aliphatic hydroxyl groups excluding tert-OH is 1. The molecule has 118 valence electrons. The Balaban J connectivity index is 4.21. The Kier molecular flexibility index (Phi) is 12.0. The van der Waals surface area contributed by atoms with E-state index in [4.69, 9.17) is 19.4 Å². The molecular formula is C13H27N2O4P. The maximum absolute atomic E-state index is 12.3. The Bertz CT molecular complexity index is 310. The van der Waals surface area contributed by atoms with E-state index in [1.165, 1.54) is 0 Å². The second-order valence-electron chi connectivity index (χ2n) is 4.35. The molecule has 0 bridgehead atoms. The highest BCUT2D eigenvalue weighted by Crippen LogP contribution is 2.47. The van der Waals surface area contributed by atoms with Gasteiger partial charge in [-0.1, -0.05) is 0 Å². The molecule has 6 nitrogen and oxygen atoms in total. The minimum atomic E-state index is -3.02. The number of aliphatic hydroxyl groups is 1. The number of nitriles is 1. The third-order valence-corrected chi connectivity index (χ3v) is 4.82. The lowest BCUT2D eigenvalue weighted by molar-refractivity contribution is 0.188. The van der Waals surface area contributed by atoms with E-state index in [1.807, 2.05) is 4.90 Å². The van der Waals surface area contributed by atoms with Gasteiger partial charge in [0.25, 0.3) is 0 Å². The van der Waals surface area contributed by atoms with Crippen LogP contribution >= 0.6 is 7.60 Å². The molecule has 0 atom stereocenters. The molecule has 0 spiro atoms. The molecule has 0 heterocycles. The highest BCUT2D eigenvalue weighted by Gasteiger charge is 2.24. The standard InChI is InChI=1S/C13H27N2O4P/c1-3-18-20(17,19-4-2)13-11-15(10-12-16)9-7-5-6-8-14/h16H,3-7,9-13H2,1-2H3. The summed E-state index contributed by atoms with van der Waals surface area (Å²) >= 11 is 0. The van der Waals surface area contributed by atoms with Crippen LogP contribution in [0.1, 0.15) is 33.1 Å². The minimum absolute atomic E-state index is 0.0613. The van der Waals surface area contributed by atoms with Crippen molar-refractivity contribution in [3.05, 3.63) is 0 Å². The Morgan fingerprint density at radius 1 is 1.15 bits per heavy atom. The van der Waals surface area contributed by atoms with Crippen LogP contribution in [0.25, 0.3) is 0 Å². The fourth-order valence-corrected chi connectivity index (χ4v) is 3.49. The van der Waals surface area contributed by atoms with Crippen LogP contribution in [-0.2, 0) is 13.6 Å². The summed E-state index contributed by atoms with van der Waals surface area (Å²) in [6, 6.07) is 2.11. The summed E-state index contributed by atoms with van der Waals surface area (Å²) in [5, 5.41) is 17.5. The number of hydrogen-bond donors (Lipinski definition) is 1. The zero-order valence-corrected chi connectivity index (χ0v) is 13.5. The third-order valence-electron chi connectivity index (χ3n) is 2.77.